The van der Waals surface area contributed by atoms with Crippen molar-refractivity contribution in [3.63, 3.8) is 0 Å². The molecule has 0 saturated heterocycles. The van der Waals surface area contributed by atoms with Crippen molar-refractivity contribution in [2.45, 2.75) is 52.7 Å². The van der Waals surface area contributed by atoms with Crippen LogP contribution in [0.3, 0.4) is 0 Å². The molecule has 1 atom stereocenters. The minimum Gasteiger partial charge on any atom is -0.475 e. The van der Waals surface area contributed by atoms with Gasteiger partial charge in [-0.1, -0.05) is 11.6 Å². The third-order valence-electron chi connectivity index (χ3n) is 4.55. The van der Waals surface area contributed by atoms with Gasteiger partial charge in [0.05, 0.1) is 11.6 Å². The van der Waals surface area contributed by atoms with Crippen LogP contribution in [0.4, 0.5) is 10.6 Å². The summed E-state index contributed by atoms with van der Waals surface area (Å²) in [5.41, 5.74) is 6.66. The van der Waals surface area contributed by atoms with Crippen molar-refractivity contribution in [2.75, 3.05) is 12.3 Å². The molecule has 3 aromatic heterocycles. The summed E-state index contributed by atoms with van der Waals surface area (Å²) in [6.07, 6.45) is -1.02. The number of amides is 1. The highest BCUT2D eigenvalue weighted by atomic mass is 35.5. The molecule has 0 aliphatic carbocycles. The zero-order valence-corrected chi connectivity index (χ0v) is 18.1. The topological polar surface area (TPSA) is 145 Å². The zero-order chi connectivity index (χ0) is 22.2. The van der Waals surface area contributed by atoms with E-state index >= 15 is 0 Å². The zero-order valence-electron chi connectivity index (χ0n) is 17.4. The first-order valence-electron chi connectivity index (χ1n) is 9.34. The summed E-state index contributed by atoms with van der Waals surface area (Å²) in [6, 6.07) is 1.28. The number of hydrogen-bond donors (Lipinski definition) is 2. The second-order valence-corrected chi connectivity index (χ2v) is 8.14. The van der Waals surface area contributed by atoms with Crippen molar-refractivity contribution in [2.24, 2.45) is 0 Å². The lowest BCUT2D eigenvalue weighted by Gasteiger charge is -2.37. The van der Waals surface area contributed by atoms with Crippen LogP contribution in [0.1, 0.15) is 34.6 Å². The third kappa shape index (κ3) is 3.97. The van der Waals surface area contributed by atoms with Gasteiger partial charge in [-0.25, -0.2) is 14.4 Å². The summed E-state index contributed by atoms with van der Waals surface area (Å²) in [5.74, 6) is 0.821. The SMILES string of the molecule is CCn1c(-c2nonc2N)nc2c(Cl)nc(OC[C@H](C)N(C(=O)O)C(C)(C)C)cc21. The number of imidazole rings is 1. The van der Waals surface area contributed by atoms with Gasteiger partial charge in [0, 0.05) is 18.2 Å². The smallest absolute Gasteiger partial charge is 0.408 e. The number of nitrogens with zero attached hydrogens (tertiary/aromatic N) is 6. The first kappa shape index (κ1) is 21.6. The van der Waals surface area contributed by atoms with Crippen LogP contribution in [-0.4, -0.2) is 59.1 Å². The molecule has 0 aliphatic rings. The van der Waals surface area contributed by atoms with Gasteiger partial charge in [0.2, 0.25) is 5.88 Å². The van der Waals surface area contributed by atoms with Crippen LogP contribution >= 0.6 is 11.6 Å². The molecule has 0 radical (unpaired) electrons. The number of nitrogens with two attached hydrogens (primary N) is 1. The maximum absolute atomic E-state index is 11.6. The van der Waals surface area contributed by atoms with Gasteiger partial charge < -0.3 is 20.1 Å². The normalized spacial score (nSPS) is 12.9. The molecule has 3 aromatic rings. The minimum absolute atomic E-state index is 0.103. The quantitative estimate of drug-likeness (QED) is 0.554. The maximum Gasteiger partial charge on any atom is 0.408 e. The van der Waals surface area contributed by atoms with Gasteiger partial charge in [-0.2, -0.15) is 4.98 Å². The lowest BCUT2D eigenvalue weighted by molar-refractivity contribution is 0.0570. The van der Waals surface area contributed by atoms with Crippen LogP contribution in [0, 0.1) is 0 Å². The Morgan fingerprint density at radius 3 is 2.63 bits per heavy atom. The van der Waals surface area contributed by atoms with Gasteiger partial charge in [-0.3, -0.25) is 4.90 Å². The number of carbonyl (C=O) groups is 1. The Balaban J connectivity index is 1.93. The summed E-state index contributed by atoms with van der Waals surface area (Å²) in [4.78, 5) is 21.7. The van der Waals surface area contributed by atoms with E-state index in [1.165, 1.54) is 4.90 Å². The van der Waals surface area contributed by atoms with Crippen molar-refractivity contribution < 1.29 is 19.3 Å². The number of rotatable bonds is 6. The fraction of sp³-hybridized carbons (Fsp3) is 0.500. The highest BCUT2D eigenvalue weighted by molar-refractivity contribution is 6.33. The standard InChI is InChI=1S/C18H24ClN7O4/c1-6-25-10-7-11(29-8-9(2)26(17(27)28)18(3,4)5)21-14(19)12(10)22-16(25)13-15(20)24-30-23-13/h7,9H,6,8H2,1-5H3,(H2,20,24)(H,27,28)/t9-/m0/s1. The van der Waals surface area contributed by atoms with Gasteiger partial charge in [0.1, 0.15) is 12.1 Å². The van der Waals surface area contributed by atoms with Crippen LogP contribution in [0.25, 0.3) is 22.6 Å². The number of halogens is 1. The van der Waals surface area contributed by atoms with Gasteiger partial charge in [-0.05, 0) is 44.9 Å². The highest BCUT2D eigenvalue weighted by Gasteiger charge is 2.31. The molecule has 11 nitrogen and oxygen atoms in total. The molecular formula is C18H24ClN7O4. The average molecular weight is 438 g/mol. The fourth-order valence-corrected chi connectivity index (χ4v) is 3.63. The Hall–Kier alpha value is -3.08. The molecule has 3 N–H and O–H groups in total. The number of aryl methyl sites for hydroxylation is 1. The van der Waals surface area contributed by atoms with Gasteiger partial charge in [0.15, 0.2) is 22.5 Å². The average Bonchev–Trinajstić information content (AvgIpc) is 3.21. The summed E-state index contributed by atoms with van der Waals surface area (Å²) >= 11 is 6.34. The van der Waals surface area contributed by atoms with Crippen LogP contribution in [-0.2, 0) is 6.54 Å². The number of carboxylic acid groups (broad SMARTS) is 1. The lowest BCUT2D eigenvalue weighted by Crippen LogP contribution is -2.52. The van der Waals surface area contributed by atoms with Gasteiger partial charge in [0.25, 0.3) is 0 Å². The van der Waals surface area contributed by atoms with Crippen LogP contribution in [0.15, 0.2) is 10.7 Å². The Kier molecular flexibility index (Phi) is 5.75. The Labute approximate surface area is 177 Å². The molecule has 0 spiro atoms. The summed E-state index contributed by atoms with van der Waals surface area (Å²) in [6.45, 7) is 9.82. The van der Waals surface area contributed by atoms with Crippen LogP contribution in [0.2, 0.25) is 5.15 Å². The molecule has 3 rings (SSSR count). The molecule has 0 saturated carbocycles. The van der Waals surface area contributed by atoms with Crippen molar-refractivity contribution in [1.29, 1.82) is 0 Å². The van der Waals surface area contributed by atoms with Crippen molar-refractivity contribution in [1.82, 2.24) is 29.7 Å². The number of nitrogen functional groups attached to an aromatic ring is 1. The Morgan fingerprint density at radius 2 is 2.10 bits per heavy atom. The minimum atomic E-state index is -1.02. The predicted octanol–water partition coefficient (Wildman–Crippen LogP) is 3.28. The summed E-state index contributed by atoms with van der Waals surface area (Å²) in [7, 11) is 0. The summed E-state index contributed by atoms with van der Waals surface area (Å²) in [5, 5.41) is 17.1. The van der Waals surface area contributed by atoms with Crippen molar-refractivity contribution >= 4 is 34.5 Å². The van der Waals surface area contributed by atoms with E-state index in [0.717, 1.165) is 0 Å². The van der Waals surface area contributed by atoms with Crippen molar-refractivity contribution in [3.05, 3.63) is 11.2 Å². The molecule has 1 amide bonds. The second kappa shape index (κ2) is 7.98. The molecular weight excluding hydrogens is 414 g/mol. The molecule has 0 bridgehead atoms. The van der Waals surface area contributed by atoms with E-state index in [1.54, 1.807) is 13.0 Å². The van der Waals surface area contributed by atoms with E-state index in [9.17, 15) is 9.90 Å². The van der Waals surface area contributed by atoms with E-state index in [0.29, 0.717) is 29.1 Å². The highest BCUT2D eigenvalue weighted by Crippen LogP contribution is 2.31. The van der Waals surface area contributed by atoms with Gasteiger partial charge in [-0.15, -0.1) is 0 Å². The van der Waals surface area contributed by atoms with Crippen LogP contribution < -0.4 is 10.5 Å². The number of ether oxygens (including phenoxy) is 1. The number of fused-ring (bicyclic) bond motifs is 1. The Morgan fingerprint density at radius 1 is 1.40 bits per heavy atom. The number of hydrogen-bond acceptors (Lipinski definition) is 8. The maximum atomic E-state index is 11.6. The van der Waals surface area contributed by atoms with E-state index < -0.39 is 17.7 Å². The fourth-order valence-electron chi connectivity index (χ4n) is 3.41. The molecule has 0 aromatic carbocycles. The molecule has 0 aliphatic heterocycles. The molecule has 0 unspecified atom stereocenters. The van der Waals surface area contributed by atoms with E-state index in [1.807, 2.05) is 32.3 Å². The Bertz CT molecular complexity index is 1070. The monoisotopic (exact) mass is 437 g/mol. The molecule has 12 heteroatoms. The molecule has 30 heavy (non-hydrogen) atoms. The number of pyridine rings is 1. The number of aromatic nitrogens is 5. The van der Waals surface area contributed by atoms with Crippen molar-refractivity contribution in [3.8, 4) is 17.4 Å². The molecule has 162 valence electrons. The third-order valence-corrected chi connectivity index (χ3v) is 4.82. The lowest BCUT2D eigenvalue weighted by atomic mass is 10.0. The predicted molar refractivity (Wildman–Crippen MR) is 110 cm³/mol. The first-order chi connectivity index (χ1) is 14.0. The van der Waals surface area contributed by atoms with Gasteiger partial charge >= 0.3 is 6.09 Å². The largest absolute Gasteiger partial charge is 0.475 e. The van der Waals surface area contributed by atoms with E-state index in [4.69, 9.17) is 22.1 Å². The molecule has 0 fully saturated rings. The number of anilines is 1. The van der Waals surface area contributed by atoms with Crippen LogP contribution in [0.5, 0.6) is 5.88 Å². The molecule has 3 heterocycles. The van der Waals surface area contributed by atoms with E-state index in [-0.39, 0.29) is 23.5 Å². The summed E-state index contributed by atoms with van der Waals surface area (Å²) < 4.78 is 12.3. The second-order valence-electron chi connectivity index (χ2n) is 7.78. The first-order valence-corrected chi connectivity index (χ1v) is 9.72. The van der Waals surface area contributed by atoms with E-state index in [2.05, 4.69) is 24.9 Å².